The Morgan fingerprint density at radius 2 is 2.10 bits per heavy atom. The van der Waals surface area contributed by atoms with Gasteiger partial charge in [0, 0.05) is 12.6 Å². The van der Waals surface area contributed by atoms with Gasteiger partial charge in [-0.3, -0.25) is 10.3 Å². The van der Waals surface area contributed by atoms with Gasteiger partial charge in [0.1, 0.15) is 11.6 Å². The molecule has 0 radical (unpaired) electrons. The summed E-state index contributed by atoms with van der Waals surface area (Å²) < 4.78 is 5.36. The second kappa shape index (κ2) is 8.67. The van der Waals surface area contributed by atoms with E-state index in [-0.39, 0.29) is 5.84 Å². The zero-order valence-corrected chi connectivity index (χ0v) is 13.8. The van der Waals surface area contributed by atoms with Gasteiger partial charge in [0.2, 0.25) is 0 Å². The molecule has 0 aliphatic heterocycles. The van der Waals surface area contributed by atoms with E-state index in [1.165, 1.54) is 18.4 Å². The average Bonchev–Trinajstić information content (AvgIpc) is 2.50. The minimum atomic E-state index is 0.0446. The van der Waals surface area contributed by atoms with Crippen molar-refractivity contribution in [1.29, 1.82) is 5.41 Å². The smallest absolute Gasteiger partial charge is 0.130 e. The van der Waals surface area contributed by atoms with Gasteiger partial charge in [0.15, 0.2) is 0 Å². The van der Waals surface area contributed by atoms with Gasteiger partial charge >= 0.3 is 0 Å². The van der Waals surface area contributed by atoms with Crippen LogP contribution in [0.1, 0.15) is 51.2 Å². The summed E-state index contributed by atoms with van der Waals surface area (Å²) in [6, 6.07) is 6.49. The number of nitrogens with two attached hydrogens (primary N) is 1. The van der Waals surface area contributed by atoms with Crippen molar-refractivity contribution in [3.8, 4) is 5.75 Å². The fourth-order valence-corrected chi connectivity index (χ4v) is 2.37. The molecule has 0 saturated carbocycles. The number of hydrogen-bond donors (Lipinski definition) is 2. The van der Waals surface area contributed by atoms with Gasteiger partial charge in [-0.05, 0) is 44.0 Å². The third kappa shape index (κ3) is 5.05. The van der Waals surface area contributed by atoms with Crippen molar-refractivity contribution in [2.75, 3.05) is 13.7 Å². The van der Waals surface area contributed by atoms with Crippen LogP contribution in [0.25, 0.3) is 0 Å². The molecule has 118 valence electrons. The van der Waals surface area contributed by atoms with E-state index in [9.17, 15) is 0 Å². The van der Waals surface area contributed by atoms with E-state index >= 15 is 0 Å². The molecule has 1 atom stereocenters. The normalized spacial score (nSPS) is 12.4. The first-order chi connectivity index (χ1) is 10.0. The molecular formula is C17H29N3O. The number of nitrogen functional groups attached to an aromatic ring is 1. The first kappa shape index (κ1) is 17.5. The fraction of sp³-hybridized carbons (Fsp3) is 0.588. The number of rotatable bonds is 9. The van der Waals surface area contributed by atoms with Crippen LogP contribution in [0, 0.1) is 5.41 Å². The van der Waals surface area contributed by atoms with Crippen molar-refractivity contribution in [3.63, 3.8) is 0 Å². The molecule has 1 rings (SSSR count). The number of methoxy groups -OCH3 is 1. The Kier molecular flexibility index (Phi) is 7.23. The minimum absolute atomic E-state index is 0.0446. The molecule has 0 aromatic heterocycles. The molecule has 0 amide bonds. The van der Waals surface area contributed by atoms with Crippen LogP contribution in [-0.2, 0) is 6.54 Å². The van der Waals surface area contributed by atoms with Gasteiger partial charge in [-0.1, -0.05) is 26.3 Å². The number of nitrogens with one attached hydrogen (secondary N) is 1. The predicted molar refractivity (Wildman–Crippen MR) is 89.1 cm³/mol. The molecule has 1 unspecified atom stereocenters. The largest absolute Gasteiger partial charge is 0.496 e. The maximum Gasteiger partial charge on any atom is 0.130 e. The lowest BCUT2D eigenvalue weighted by Crippen LogP contribution is -2.33. The number of ether oxygens (including phenoxy) is 1. The Morgan fingerprint density at radius 3 is 2.62 bits per heavy atom. The summed E-state index contributed by atoms with van der Waals surface area (Å²) in [5.74, 6) is 0.725. The van der Waals surface area contributed by atoms with Gasteiger partial charge < -0.3 is 10.5 Å². The molecule has 1 aromatic carbocycles. The Labute approximate surface area is 128 Å². The lowest BCUT2D eigenvalue weighted by Gasteiger charge is -2.28. The molecule has 0 aliphatic rings. The minimum Gasteiger partial charge on any atom is -0.496 e. The maximum absolute atomic E-state index is 7.57. The predicted octanol–water partition coefficient (Wildman–Crippen LogP) is 3.38. The van der Waals surface area contributed by atoms with Crippen LogP contribution in [0.4, 0.5) is 0 Å². The van der Waals surface area contributed by atoms with Gasteiger partial charge in [-0.15, -0.1) is 0 Å². The molecule has 0 saturated heterocycles. The number of unbranched alkanes of at least 4 members (excludes halogenated alkanes) is 1. The van der Waals surface area contributed by atoms with E-state index in [0.29, 0.717) is 17.4 Å². The van der Waals surface area contributed by atoms with Crippen LogP contribution >= 0.6 is 0 Å². The summed E-state index contributed by atoms with van der Waals surface area (Å²) in [5.41, 5.74) is 7.43. The molecular weight excluding hydrogens is 262 g/mol. The highest BCUT2D eigenvalue weighted by molar-refractivity contribution is 5.97. The molecule has 4 nitrogen and oxygen atoms in total. The van der Waals surface area contributed by atoms with Gasteiger partial charge in [-0.25, -0.2) is 0 Å². The molecule has 1 aromatic rings. The van der Waals surface area contributed by atoms with E-state index in [1.54, 1.807) is 7.11 Å². The highest BCUT2D eigenvalue weighted by Crippen LogP contribution is 2.21. The van der Waals surface area contributed by atoms with Crippen molar-refractivity contribution >= 4 is 5.84 Å². The lowest BCUT2D eigenvalue weighted by molar-refractivity contribution is 0.192. The number of hydrogen-bond acceptors (Lipinski definition) is 3. The molecule has 21 heavy (non-hydrogen) atoms. The summed E-state index contributed by atoms with van der Waals surface area (Å²) in [6.45, 7) is 8.74. The van der Waals surface area contributed by atoms with Crippen LogP contribution in [0.3, 0.4) is 0 Å². The number of amidine groups is 1. The van der Waals surface area contributed by atoms with Crippen LogP contribution < -0.4 is 10.5 Å². The topological polar surface area (TPSA) is 62.3 Å². The molecule has 3 N–H and O–H groups in total. The zero-order valence-electron chi connectivity index (χ0n) is 13.8. The van der Waals surface area contributed by atoms with Crippen molar-refractivity contribution in [2.24, 2.45) is 5.73 Å². The molecule has 0 heterocycles. The monoisotopic (exact) mass is 291 g/mol. The standard InChI is InChI=1S/C17H29N3O/c1-5-7-10-20(13(3)6-2)12-14-8-9-15(17(18)19)16(11-14)21-4/h8-9,11,13H,5-7,10,12H2,1-4H3,(H3,18,19). The SMILES string of the molecule is CCCCN(Cc1ccc(C(=N)N)c(OC)c1)C(C)CC. The van der Waals surface area contributed by atoms with E-state index < -0.39 is 0 Å². The molecule has 0 spiro atoms. The van der Waals surface area contributed by atoms with E-state index in [0.717, 1.165) is 19.5 Å². The Bertz CT molecular complexity index is 459. The van der Waals surface area contributed by atoms with Crippen LogP contribution in [0.15, 0.2) is 18.2 Å². The van der Waals surface area contributed by atoms with Crippen LogP contribution in [-0.4, -0.2) is 30.4 Å². The second-order valence-electron chi connectivity index (χ2n) is 5.53. The summed E-state index contributed by atoms with van der Waals surface area (Å²) in [5, 5.41) is 7.57. The van der Waals surface area contributed by atoms with Crippen molar-refractivity contribution in [2.45, 2.75) is 52.6 Å². The second-order valence-corrected chi connectivity index (χ2v) is 5.53. The highest BCUT2D eigenvalue weighted by Gasteiger charge is 2.14. The Morgan fingerprint density at radius 1 is 1.38 bits per heavy atom. The first-order valence-corrected chi connectivity index (χ1v) is 7.78. The number of benzene rings is 1. The maximum atomic E-state index is 7.57. The van der Waals surface area contributed by atoms with Crippen molar-refractivity contribution in [3.05, 3.63) is 29.3 Å². The third-order valence-electron chi connectivity index (χ3n) is 3.95. The Hall–Kier alpha value is -1.55. The third-order valence-corrected chi connectivity index (χ3v) is 3.95. The molecule has 4 heteroatoms. The highest BCUT2D eigenvalue weighted by atomic mass is 16.5. The van der Waals surface area contributed by atoms with Crippen molar-refractivity contribution < 1.29 is 4.74 Å². The van der Waals surface area contributed by atoms with Gasteiger partial charge in [-0.2, -0.15) is 0 Å². The van der Waals surface area contributed by atoms with E-state index in [4.69, 9.17) is 15.9 Å². The molecule has 0 fully saturated rings. The van der Waals surface area contributed by atoms with E-state index in [2.05, 4.69) is 25.7 Å². The van der Waals surface area contributed by atoms with Crippen molar-refractivity contribution in [1.82, 2.24) is 4.90 Å². The summed E-state index contributed by atoms with van der Waals surface area (Å²) in [6.07, 6.45) is 3.57. The average molecular weight is 291 g/mol. The van der Waals surface area contributed by atoms with Gasteiger partial charge in [0.25, 0.3) is 0 Å². The summed E-state index contributed by atoms with van der Waals surface area (Å²) >= 11 is 0. The van der Waals surface area contributed by atoms with Crippen LogP contribution in [0.2, 0.25) is 0 Å². The zero-order chi connectivity index (χ0) is 15.8. The number of nitrogens with zero attached hydrogens (tertiary/aromatic N) is 1. The quantitative estimate of drug-likeness (QED) is 0.541. The fourth-order valence-electron chi connectivity index (χ4n) is 2.37. The molecule has 0 aliphatic carbocycles. The van der Waals surface area contributed by atoms with E-state index in [1.807, 2.05) is 18.2 Å². The summed E-state index contributed by atoms with van der Waals surface area (Å²) in [4.78, 5) is 2.51. The molecule has 0 bridgehead atoms. The Balaban J connectivity index is 2.90. The summed E-state index contributed by atoms with van der Waals surface area (Å²) in [7, 11) is 1.62. The first-order valence-electron chi connectivity index (χ1n) is 7.78. The van der Waals surface area contributed by atoms with Gasteiger partial charge in [0.05, 0.1) is 12.7 Å². The van der Waals surface area contributed by atoms with Crippen LogP contribution in [0.5, 0.6) is 5.75 Å². The lowest BCUT2D eigenvalue weighted by atomic mass is 10.1.